The van der Waals surface area contributed by atoms with Crippen LogP contribution in [0.3, 0.4) is 0 Å². The highest BCUT2D eigenvalue weighted by Gasteiger charge is 2.27. The Morgan fingerprint density at radius 2 is 1.79 bits per heavy atom. The minimum Gasteiger partial charge on any atom is -0.497 e. The second-order valence-corrected chi connectivity index (χ2v) is 6.92. The molecule has 1 aromatic carbocycles. The molecule has 0 aliphatic heterocycles. The quantitative estimate of drug-likeness (QED) is 0.413. The maximum absolute atomic E-state index is 12.4. The topological polar surface area (TPSA) is 141 Å². The zero-order valence-corrected chi connectivity index (χ0v) is 16.0. The Bertz CT molecular complexity index is 860. The minimum absolute atomic E-state index is 0.0703. The number of aromatic nitrogens is 1. The third-order valence-electron chi connectivity index (χ3n) is 4.24. The number of carboxylic acid groups (broad SMARTS) is 2. The molecular formula is C19H25N3O6. The number of amides is 1. The average molecular weight is 391 g/mol. The molecule has 5 N–H and O–H groups in total. The molecule has 0 aliphatic rings. The summed E-state index contributed by atoms with van der Waals surface area (Å²) in [7, 11) is 1.55. The van der Waals surface area contributed by atoms with Crippen LogP contribution in [0.4, 0.5) is 0 Å². The van der Waals surface area contributed by atoms with E-state index in [2.05, 4.69) is 15.6 Å². The summed E-state index contributed by atoms with van der Waals surface area (Å²) in [6.45, 7) is 3.44. The third kappa shape index (κ3) is 5.46. The van der Waals surface area contributed by atoms with Gasteiger partial charge in [-0.05, 0) is 36.6 Å². The van der Waals surface area contributed by atoms with Crippen molar-refractivity contribution in [3.8, 4) is 5.75 Å². The Labute approximate surface area is 162 Å². The van der Waals surface area contributed by atoms with Gasteiger partial charge in [0.25, 0.3) is 5.91 Å². The van der Waals surface area contributed by atoms with Crippen LogP contribution in [-0.4, -0.2) is 58.8 Å². The van der Waals surface area contributed by atoms with Gasteiger partial charge in [-0.1, -0.05) is 13.8 Å². The maximum atomic E-state index is 12.4. The lowest BCUT2D eigenvalue weighted by molar-refractivity contribution is -0.142. The molecule has 0 saturated carbocycles. The largest absolute Gasteiger partial charge is 0.497 e. The van der Waals surface area contributed by atoms with Crippen molar-refractivity contribution in [2.24, 2.45) is 5.92 Å². The Balaban J connectivity index is 2.05. The van der Waals surface area contributed by atoms with Crippen LogP contribution in [0, 0.1) is 5.92 Å². The number of ether oxygens (including phenoxy) is 1. The lowest BCUT2D eigenvalue weighted by Crippen LogP contribution is -2.52. The highest BCUT2D eigenvalue weighted by atomic mass is 16.5. The van der Waals surface area contributed by atoms with Gasteiger partial charge in [0, 0.05) is 17.4 Å². The van der Waals surface area contributed by atoms with Crippen molar-refractivity contribution in [2.45, 2.75) is 32.4 Å². The van der Waals surface area contributed by atoms with E-state index in [9.17, 15) is 24.6 Å². The van der Waals surface area contributed by atoms with E-state index in [1.165, 1.54) is 0 Å². The number of carboxylic acids is 2. The van der Waals surface area contributed by atoms with Gasteiger partial charge in [0.2, 0.25) is 0 Å². The van der Waals surface area contributed by atoms with E-state index >= 15 is 0 Å². The smallest absolute Gasteiger partial charge is 0.322 e. The van der Waals surface area contributed by atoms with Gasteiger partial charge in [-0.25, -0.2) is 0 Å². The second-order valence-electron chi connectivity index (χ2n) is 6.92. The minimum atomic E-state index is -1.24. The van der Waals surface area contributed by atoms with Crippen molar-refractivity contribution in [1.82, 2.24) is 15.6 Å². The van der Waals surface area contributed by atoms with E-state index in [1.54, 1.807) is 31.4 Å². The number of nitrogens with one attached hydrogen (secondary N) is 3. The van der Waals surface area contributed by atoms with Crippen molar-refractivity contribution in [1.29, 1.82) is 0 Å². The molecule has 0 saturated heterocycles. The van der Waals surface area contributed by atoms with Crippen LogP contribution in [0.2, 0.25) is 0 Å². The number of aliphatic carboxylic acids is 2. The highest BCUT2D eigenvalue weighted by Crippen LogP contribution is 2.21. The molecule has 2 atom stereocenters. The van der Waals surface area contributed by atoms with Crippen LogP contribution < -0.4 is 15.4 Å². The van der Waals surface area contributed by atoms with Crippen molar-refractivity contribution in [3.63, 3.8) is 0 Å². The van der Waals surface area contributed by atoms with Gasteiger partial charge < -0.3 is 25.3 Å². The van der Waals surface area contributed by atoms with Crippen LogP contribution in [0.5, 0.6) is 5.75 Å². The summed E-state index contributed by atoms with van der Waals surface area (Å²) in [6.07, 6.45) is 0.275. The van der Waals surface area contributed by atoms with Crippen molar-refractivity contribution in [3.05, 3.63) is 30.0 Å². The van der Waals surface area contributed by atoms with Crippen molar-refractivity contribution < 1.29 is 29.3 Å². The average Bonchev–Trinajstić information content (AvgIpc) is 3.06. The predicted molar refractivity (Wildman–Crippen MR) is 103 cm³/mol. The lowest BCUT2D eigenvalue weighted by Gasteiger charge is -2.21. The number of benzene rings is 1. The van der Waals surface area contributed by atoms with Gasteiger partial charge in [0.15, 0.2) is 0 Å². The number of carbonyl (C=O) groups excluding carboxylic acids is 1. The Hall–Kier alpha value is -3.07. The molecule has 2 aromatic rings. The van der Waals surface area contributed by atoms with E-state index in [0.717, 1.165) is 10.9 Å². The number of methoxy groups -OCH3 is 1. The number of hydrogen-bond donors (Lipinski definition) is 5. The molecule has 152 valence electrons. The molecule has 0 spiro atoms. The molecule has 1 unspecified atom stereocenters. The van der Waals surface area contributed by atoms with E-state index < -0.39 is 29.9 Å². The van der Waals surface area contributed by atoms with Gasteiger partial charge in [0.05, 0.1) is 7.11 Å². The number of fused-ring (bicyclic) bond motifs is 1. The van der Waals surface area contributed by atoms with Crippen LogP contribution in [-0.2, 0) is 9.59 Å². The Morgan fingerprint density at radius 1 is 1.11 bits per heavy atom. The third-order valence-corrected chi connectivity index (χ3v) is 4.24. The first-order valence-electron chi connectivity index (χ1n) is 8.88. The summed E-state index contributed by atoms with van der Waals surface area (Å²) in [5, 5.41) is 24.5. The lowest BCUT2D eigenvalue weighted by atomic mass is 10.0. The number of hydrogen-bond acceptors (Lipinski definition) is 5. The fourth-order valence-corrected chi connectivity index (χ4v) is 2.82. The van der Waals surface area contributed by atoms with E-state index in [1.807, 2.05) is 13.8 Å². The number of rotatable bonds is 10. The van der Waals surface area contributed by atoms with E-state index in [4.69, 9.17) is 4.74 Å². The molecule has 0 aliphatic carbocycles. The summed E-state index contributed by atoms with van der Waals surface area (Å²) in [6, 6.07) is 4.69. The molecule has 2 rings (SSSR count). The fourth-order valence-electron chi connectivity index (χ4n) is 2.82. The summed E-state index contributed by atoms with van der Waals surface area (Å²) >= 11 is 0. The summed E-state index contributed by atoms with van der Waals surface area (Å²) in [4.78, 5) is 38.2. The zero-order chi connectivity index (χ0) is 20.8. The monoisotopic (exact) mass is 391 g/mol. The SMILES string of the molecule is COc1ccc2[nH]c(C(=O)NCC(N[C@@H](CC(C)C)C(=O)O)C(=O)O)cc2c1. The molecule has 1 heterocycles. The van der Waals surface area contributed by atoms with Gasteiger partial charge in [-0.15, -0.1) is 0 Å². The Kier molecular flexibility index (Phi) is 7.00. The van der Waals surface area contributed by atoms with E-state index in [-0.39, 0.29) is 24.6 Å². The zero-order valence-electron chi connectivity index (χ0n) is 16.0. The molecule has 9 heteroatoms. The highest BCUT2D eigenvalue weighted by molar-refractivity contribution is 5.98. The van der Waals surface area contributed by atoms with Crippen LogP contribution in [0.25, 0.3) is 10.9 Å². The van der Waals surface area contributed by atoms with Crippen LogP contribution in [0.1, 0.15) is 30.8 Å². The van der Waals surface area contributed by atoms with Gasteiger partial charge in [-0.3, -0.25) is 19.7 Å². The van der Waals surface area contributed by atoms with Crippen LogP contribution in [0.15, 0.2) is 24.3 Å². The normalized spacial score (nSPS) is 13.3. The molecule has 1 aromatic heterocycles. The predicted octanol–water partition coefficient (Wildman–Crippen LogP) is 1.45. The number of H-pyrrole nitrogens is 1. The molecule has 28 heavy (non-hydrogen) atoms. The number of aromatic amines is 1. The molecule has 9 nitrogen and oxygen atoms in total. The van der Waals surface area contributed by atoms with Crippen molar-refractivity contribution in [2.75, 3.05) is 13.7 Å². The van der Waals surface area contributed by atoms with Gasteiger partial charge >= 0.3 is 11.9 Å². The molecule has 0 fully saturated rings. The summed E-state index contributed by atoms with van der Waals surface area (Å²) in [5.74, 6) is -2.13. The first-order chi connectivity index (χ1) is 13.2. The summed E-state index contributed by atoms with van der Waals surface area (Å²) < 4.78 is 5.15. The van der Waals surface area contributed by atoms with Gasteiger partial charge in [-0.2, -0.15) is 0 Å². The fraction of sp³-hybridized carbons (Fsp3) is 0.421. The maximum Gasteiger partial charge on any atom is 0.322 e. The van der Waals surface area contributed by atoms with Crippen molar-refractivity contribution >= 4 is 28.7 Å². The second kappa shape index (κ2) is 9.23. The first-order valence-corrected chi connectivity index (χ1v) is 8.88. The van der Waals surface area contributed by atoms with Gasteiger partial charge in [0.1, 0.15) is 23.5 Å². The molecule has 0 radical (unpaired) electrons. The number of carbonyl (C=O) groups is 3. The standard InChI is InChI=1S/C19H25N3O6/c1-10(2)6-15(18(24)25)22-16(19(26)27)9-20-17(23)14-8-11-7-12(28-3)4-5-13(11)21-14/h4-5,7-8,10,15-16,21-22H,6,9H2,1-3H3,(H,20,23)(H,24,25)(H,26,27)/t15-,16?/m0/s1. The first kappa shape index (κ1) is 21.2. The molecule has 0 bridgehead atoms. The Morgan fingerprint density at radius 3 is 2.36 bits per heavy atom. The molecular weight excluding hydrogens is 366 g/mol. The summed E-state index contributed by atoms with van der Waals surface area (Å²) in [5.41, 5.74) is 1.01. The van der Waals surface area contributed by atoms with E-state index in [0.29, 0.717) is 5.75 Å². The molecule has 1 amide bonds. The van der Waals surface area contributed by atoms with Crippen LogP contribution >= 0.6 is 0 Å².